The predicted molar refractivity (Wildman–Crippen MR) is 70.9 cm³/mol. The average Bonchev–Trinajstić information content (AvgIpc) is 2.99. The van der Waals surface area contributed by atoms with Crippen molar-refractivity contribution in [1.82, 2.24) is 13.6 Å². The van der Waals surface area contributed by atoms with Gasteiger partial charge >= 0.3 is 0 Å². The minimum atomic E-state index is -0.292. The maximum absolute atomic E-state index is 12.4. The van der Waals surface area contributed by atoms with E-state index in [4.69, 9.17) is 0 Å². The van der Waals surface area contributed by atoms with Gasteiger partial charge in [-0.1, -0.05) is 24.3 Å². The fourth-order valence-corrected chi connectivity index (χ4v) is 2.90. The molecule has 0 saturated heterocycles. The van der Waals surface area contributed by atoms with Gasteiger partial charge in [0.25, 0.3) is 5.91 Å². The third-order valence-corrected chi connectivity index (χ3v) is 3.90. The minimum absolute atomic E-state index is 0.0830. The zero-order valence-corrected chi connectivity index (χ0v) is 11.0. The van der Waals surface area contributed by atoms with Gasteiger partial charge in [-0.25, -0.2) is 0 Å². The van der Waals surface area contributed by atoms with Crippen LogP contribution in [0.1, 0.15) is 27.7 Å². The smallest absolute Gasteiger partial charge is 0.275 e. The molecule has 0 aliphatic carbocycles. The number of rotatable bonds is 2. The van der Waals surface area contributed by atoms with Gasteiger partial charge in [-0.15, -0.1) is 0 Å². The number of carbonyl (C=O) groups excluding carboxylic acids is 1. The van der Waals surface area contributed by atoms with E-state index >= 15 is 0 Å². The molecule has 0 spiro atoms. The van der Waals surface area contributed by atoms with E-state index in [0.717, 1.165) is 23.7 Å². The molecule has 1 N–H and O–H groups in total. The molecule has 1 amide bonds. The average molecular weight is 275 g/mol. The van der Waals surface area contributed by atoms with Crippen LogP contribution in [-0.2, 0) is 6.42 Å². The lowest BCUT2D eigenvalue weighted by Crippen LogP contribution is -2.41. The summed E-state index contributed by atoms with van der Waals surface area (Å²) in [6.07, 6.45) is 2.28. The van der Waals surface area contributed by atoms with E-state index in [9.17, 15) is 9.90 Å². The second-order valence-electron chi connectivity index (χ2n) is 4.44. The van der Waals surface area contributed by atoms with Gasteiger partial charge in [0.05, 0.1) is 30.6 Å². The second-order valence-corrected chi connectivity index (χ2v) is 5.00. The highest BCUT2D eigenvalue weighted by Gasteiger charge is 2.31. The first kappa shape index (κ1) is 12.3. The molecule has 1 atom stereocenters. The molecule has 0 unspecified atom stereocenters. The first-order valence-electron chi connectivity index (χ1n) is 6.08. The predicted octanol–water partition coefficient (Wildman–Crippen LogP) is 1.27. The molecular formula is C13H13N3O2S. The molecule has 0 radical (unpaired) electrons. The molecule has 98 valence electrons. The van der Waals surface area contributed by atoms with Crippen molar-refractivity contribution in [2.45, 2.75) is 12.5 Å². The largest absolute Gasteiger partial charge is 0.394 e. The number of hydrogen-bond acceptors (Lipinski definition) is 5. The van der Waals surface area contributed by atoms with E-state index in [0.29, 0.717) is 12.2 Å². The number of carbonyl (C=O) groups is 1. The molecule has 19 heavy (non-hydrogen) atoms. The van der Waals surface area contributed by atoms with Crippen LogP contribution in [0.4, 0.5) is 0 Å². The van der Waals surface area contributed by atoms with Crippen LogP contribution in [0.15, 0.2) is 30.5 Å². The van der Waals surface area contributed by atoms with E-state index in [2.05, 4.69) is 8.75 Å². The van der Waals surface area contributed by atoms with E-state index in [-0.39, 0.29) is 18.6 Å². The van der Waals surface area contributed by atoms with Crippen LogP contribution in [0.3, 0.4) is 0 Å². The molecule has 2 aromatic rings. The number of benzene rings is 1. The standard InChI is InChI=1S/C13H13N3O2S/c17-8-12-10-4-2-1-3-9(10)5-6-16(12)13(18)11-7-14-19-15-11/h1-4,7,12,17H,5-6,8H2/t12-/m0/s1. The third kappa shape index (κ3) is 2.13. The van der Waals surface area contributed by atoms with Gasteiger partial charge in [0, 0.05) is 6.54 Å². The number of fused-ring (bicyclic) bond motifs is 1. The Labute approximate surface area is 114 Å². The highest BCUT2D eigenvalue weighted by molar-refractivity contribution is 6.99. The highest BCUT2D eigenvalue weighted by Crippen LogP contribution is 2.30. The lowest BCUT2D eigenvalue weighted by molar-refractivity contribution is 0.0564. The molecule has 6 heteroatoms. The summed E-state index contributed by atoms with van der Waals surface area (Å²) >= 11 is 1.02. The number of aromatic nitrogens is 2. The Bertz CT molecular complexity index is 585. The maximum Gasteiger partial charge on any atom is 0.275 e. The zero-order valence-electron chi connectivity index (χ0n) is 10.2. The summed E-state index contributed by atoms with van der Waals surface area (Å²) in [4.78, 5) is 14.0. The molecular weight excluding hydrogens is 262 g/mol. The van der Waals surface area contributed by atoms with Crippen molar-refractivity contribution >= 4 is 17.6 Å². The summed E-state index contributed by atoms with van der Waals surface area (Å²) in [5.41, 5.74) is 2.57. The molecule has 5 nitrogen and oxygen atoms in total. The molecule has 1 aromatic carbocycles. The Hall–Kier alpha value is -1.79. The molecule has 2 heterocycles. The number of nitrogens with zero attached hydrogens (tertiary/aromatic N) is 3. The van der Waals surface area contributed by atoms with Crippen LogP contribution in [0.2, 0.25) is 0 Å². The van der Waals surface area contributed by atoms with Crippen molar-refractivity contribution in [3.8, 4) is 0 Å². The Morgan fingerprint density at radius 3 is 3.05 bits per heavy atom. The second kappa shape index (κ2) is 5.07. The number of aliphatic hydroxyl groups is 1. The Balaban J connectivity index is 1.94. The topological polar surface area (TPSA) is 66.3 Å². The monoisotopic (exact) mass is 275 g/mol. The van der Waals surface area contributed by atoms with Gasteiger partial charge in [-0.3, -0.25) is 4.79 Å². The van der Waals surface area contributed by atoms with Crippen LogP contribution >= 0.6 is 11.7 Å². The quantitative estimate of drug-likeness (QED) is 0.896. The summed E-state index contributed by atoms with van der Waals surface area (Å²) in [5.74, 6) is -0.165. The fourth-order valence-electron chi connectivity index (χ4n) is 2.50. The Kier molecular flexibility index (Phi) is 3.27. The van der Waals surface area contributed by atoms with E-state index in [1.807, 2.05) is 24.3 Å². The molecule has 0 saturated carbocycles. The van der Waals surface area contributed by atoms with Crippen LogP contribution in [0.25, 0.3) is 0 Å². The number of aliphatic hydroxyl groups excluding tert-OH is 1. The summed E-state index contributed by atoms with van der Waals surface area (Å²) < 4.78 is 7.83. The zero-order chi connectivity index (χ0) is 13.2. The van der Waals surface area contributed by atoms with Gasteiger partial charge < -0.3 is 10.0 Å². The summed E-state index contributed by atoms with van der Waals surface area (Å²) in [5, 5.41) is 9.63. The molecule has 1 aliphatic heterocycles. The van der Waals surface area contributed by atoms with Crippen LogP contribution in [-0.4, -0.2) is 37.8 Å². The minimum Gasteiger partial charge on any atom is -0.394 e. The van der Waals surface area contributed by atoms with Gasteiger partial charge in [0.2, 0.25) is 0 Å². The first-order valence-corrected chi connectivity index (χ1v) is 6.81. The van der Waals surface area contributed by atoms with Crippen molar-refractivity contribution < 1.29 is 9.90 Å². The summed E-state index contributed by atoms with van der Waals surface area (Å²) in [6, 6.07) is 7.63. The van der Waals surface area contributed by atoms with Crippen LogP contribution in [0.5, 0.6) is 0 Å². The SMILES string of the molecule is O=C(c1cnsn1)N1CCc2ccccc2[C@@H]1CO. The summed E-state index contributed by atoms with van der Waals surface area (Å²) in [7, 11) is 0. The molecule has 0 fully saturated rings. The third-order valence-electron chi connectivity index (χ3n) is 3.43. The van der Waals surface area contributed by atoms with Gasteiger partial charge in [0.1, 0.15) is 0 Å². The summed E-state index contributed by atoms with van der Waals surface area (Å²) in [6.45, 7) is 0.513. The van der Waals surface area contributed by atoms with E-state index in [1.54, 1.807) is 4.90 Å². The van der Waals surface area contributed by atoms with Gasteiger partial charge in [-0.05, 0) is 17.5 Å². The fraction of sp³-hybridized carbons (Fsp3) is 0.308. The number of hydrogen-bond donors (Lipinski definition) is 1. The van der Waals surface area contributed by atoms with Crippen molar-refractivity contribution in [3.63, 3.8) is 0 Å². The lowest BCUT2D eigenvalue weighted by Gasteiger charge is -2.35. The van der Waals surface area contributed by atoms with E-state index < -0.39 is 0 Å². The van der Waals surface area contributed by atoms with Crippen molar-refractivity contribution in [2.24, 2.45) is 0 Å². The highest BCUT2D eigenvalue weighted by atomic mass is 32.1. The van der Waals surface area contributed by atoms with Gasteiger partial charge in [0.15, 0.2) is 5.69 Å². The van der Waals surface area contributed by atoms with Crippen molar-refractivity contribution in [2.75, 3.05) is 13.2 Å². The molecule has 1 aromatic heterocycles. The Morgan fingerprint density at radius 1 is 1.47 bits per heavy atom. The Morgan fingerprint density at radius 2 is 2.32 bits per heavy atom. The van der Waals surface area contributed by atoms with Crippen LogP contribution < -0.4 is 0 Å². The first-order chi connectivity index (χ1) is 9.31. The number of amides is 1. The van der Waals surface area contributed by atoms with Crippen molar-refractivity contribution in [1.29, 1.82) is 0 Å². The van der Waals surface area contributed by atoms with E-state index in [1.165, 1.54) is 11.8 Å². The van der Waals surface area contributed by atoms with Crippen molar-refractivity contribution in [3.05, 3.63) is 47.3 Å². The van der Waals surface area contributed by atoms with Gasteiger partial charge in [-0.2, -0.15) is 8.75 Å². The normalized spacial score (nSPS) is 18.2. The molecule has 1 aliphatic rings. The lowest BCUT2D eigenvalue weighted by atomic mass is 9.93. The van der Waals surface area contributed by atoms with Crippen LogP contribution in [0, 0.1) is 0 Å². The molecule has 0 bridgehead atoms. The molecule has 3 rings (SSSR count). The maximum atomic E-state index is 12.4.